The largest absolute Gasteiger partial charge is 0.390 e. The second-order valence-corrected chi connectivity index (χ2v) is 5.99. The molecule has 1 aromatic heterocycles. The molecule has 3 N–H and O–H groups in total. The summed E-state index contributed by atoms with van der Waals surface area (Å²) >= 11 is 0. The number of hydrogen-bond acceptors (Lipinski definition) is 6. The van der Waals surface area contributed by atoms with Gasteiger partial charge in [-0.2, -0.15) is 0 Å². The minimum atomic E-state index is -0.300. The Morgan fingerprint density at radius 1 is 1.25 bits per heavy atom. The van der Waals surface area contributed by atoms with E-state index < -0.39 is 0 Å². The molecule has 1 aliphatic rings. The lowest BCUT2D eigenvalue weighted by atomic mass is 10.2. The van der Waals surface area contributed by atoms with Gasteiger partial charge in [0, 0.05) is 57.2 Å². The van der Waals surface area contributed by atoms with Gasteiger partial charge >= 0.3 is 0 Å². The third kappa shape index (κ3) is 4.70. The van der Waals surface area contributed by atoms with Crippen molar-refractivity contribution in [3.05, 3.63) is 18.0 Å². The van der Waals surface area contributed by atoms with Gasteiger partial charge in [0.2, 0.25) is 5.95 Å². The zero-order valence-electron chi connectivity index (χ0n) is 12.4. The summed E-state index contributed by atoms with van der Waals surface area (Å²) in [6.07, 6.45) is 3.21. The van der Waals surface area contributed by atoms with Crippen LogP contribution >= 0.6 is 0 Å². The van der Waals surface area contributed by atoms with E-state index in [0.717, 1.165) is 38.3 Å². The summed E-state index contributed by atoms with van der Waals surface area (Å²) in [5, 5.41) is 10.1. The zero-order chi connectivity index (χ0) is 14.5. The lowest BCUT2D eigenvalue weighted by Crippen LogP contribution is -2.35. The number of nitrogens with two attached hydrogens (primary N) is 1. The number of nitrogen functional groups attached to an aromatic ring is 1. The maximum Gasteiger partial charge on any atom is 0.219 e. The number of nitrogens with zero attached hydrogens (tertiary/aromatic N) is 4. The van der Waals surface area contributed by atoms with Crippen molar-refractivity contribution < 1.29 is 5.11 Å². The van der Waals surface area contributed by atoms with E-state index >= 15 is 0 Å². The highest BCUT2D eigenvalue weighted by atomic mass is 16.3. The predicted octanol–water partition coefficient (Wildman–Crippen LogP) is 0.193. The van der Waals surface area contributed by atoms with Gasteiger partial charge in [0.15, 0.2) is 0 Å². The van der Waals surface area contributed by atoms with E-state index in [0.29, 0.717) is 18.4 Å². The highest BCUT2D eigenvalue weighted by molar-refractivity contribution is 5.17. The highest BCUT2D eigenvalue weighted by Gasteiger charge is 2.21. The van der Waals surface area contributed by atoms with Crippen LogP contribution in [0.1, 0.15) is 19.4 Å². The molecule has 2 rings (SSSR count). The van der Waals surface area contributed by atoms with E-state index in [1.165, 1.54) is 0 Å². The normalized spacial score (nSPS) is 22.1. The van der Waals surface area contributed by atoms with Gasteiger partial charge < -0.3 is 10.8 Å². The van der Waals surface area contributed by atoms with Crippen LogP contribution in [0.4, 0.5) is 5.95 Å². The molecular weight excluding hydrogens is 254 g/mol. The highest BCUT2D eigenvalue weighted by Crippen LogP contribution is 2.10. The van der Waals surface area contributed by atoms with Crippen molar-refractivity contribution in [2.45, 2.75) is 26.5 Å². The Balaban J connectivity index is 1.91. The molecule has 1 aliphatic heterocycles. The molecule has 1 aromatic rings. The quantitative estimate of drug-likeness (QED) is 0.819. The van der Waals surface area contributed by atoms with Crippen LogP contribution in [0.25, 0.3) is 0 Å². The molecule has 0 radical (unpaired) electrons. The van der Waals surface area contributed by atoms with Crippen molar-refractivity contribution in [1.82, 2.24) is 19.8 Å². The van der Waals surface area contributed by atoms with Gasteiger partial charge in [-0.3, -0.25) is 9.80 Å². The van der Waals surface area contributed by atoms with Crippen molar-refractivity contribution >= 4 is 5.95 Å². The standard InChI is InChI=1S/C14H25N5O/c1-11(2)7-18-3-4-19(10-13(20)9-18)8-12-5-16-14(15)17-6-12/h5-6,11,13,20H,3-4,7-10H2,1-2H3,(H2,15,16,17). The molecule has 1 atom stereocenters. The van der Waals surface area contributed by atoms with Gasteiger partial charge in [-0.25, -0.2) is 9.97 Å². The molecule has 0 saturated carbocycles. The van der Waals surface area contributed by atoms with Crippen LogP contribution in [0, 0.1) is 5.92 Å². The molecule has 1 saturated heterocycles. The first-order chi connectivity index (χ1) is 9.52. The van der Waals surface area contributed by atoms with Crippen LogP contribution in [-0.4, -0.2) is 63.7 Å². The maximum absolute atomic E-state index is 10.1. The van der Waals surface area contributed by atoms with E-state index in [1.54, 1.807) is 12.4 Å². The summed E-state index contributed by atoms with van der Waals surface area (Å²) in [7, 11) is 0. The third-order valence-electron chi connectivity index (χ3n) is 3.43. The van der Waals surface area contributed by atoms with Gasteiger partial charge in [0.25, 0.3) is 0 Å². The van der Waals surface area contributed by atoms with E-state index in [2.05, 4.69) is 33.6 Å². The summed E-state index contributed by atoms with van der Waals surface area (Å²) in [4.78, 5) is 12.6. The Morgan fingerprint density at radius 2 is 1.85 bits per heavy atom. The Hall–Kier alpha value is -1.24. The molecule has 0 aromatic carbocycles. The van der Waals surface area contributed by atoms with Gasteiger partial charge in [0.05, 0.1) is 6.10 Å². The molecule has 112 valence electrons. The summed E-state index contributed by atoms with van der Waals surface area (Å²) in [5.41, 5.74) is 6.52. The first-order valence-corrected chi connectivity index (χ1v) is 7.22. The smallest absolute Gasteiger partial charge is 0.219 e. The fourth-order valence-corrected chi connectivity index (χ4v) is 2.65. The lowest BCUT2D eigenvalue weighted by molar-refractivity contribution is 0.104. The number of hydrogen-bond donors (Lipinski definition) is 2. The molecule has 6 heteroatoms. The number of aromatic nitrogens is 2. The number of rotatable bonds is 4. The van der Waals surface area contributed by atoms with Crippen LogP contribution in [0.3, 0.4) is 0 Å². The molecule has 0 amide bonds. The molecule has 0 bridgehead atoms. The van der Waals surface area contributed by atoms with E-state index in [-0.39, 0.29) is 6.10 Å². The minimum Gasteiger partial charge on any atom is -0.390 e. The molecule has 1 unspecified atom stereocenters. The predicted molar refractivity (Wildman–Crippen MR) is 79.0 cm³/mol. The molecular formula is C14H25N5O. The summed E-state index contributed by atoms with van der Waals surface area (Å²) in [6, 6.07) is 0. The number of β-amino-alcohol motifs (C(OH)–C–C–N with tert-alkyl or cyclic N) is 1. The number of aliphatic hydroxyl groups excluding tert-OH is 1. The lowest BCUT2D eigenvalue weighted by Gasteiger charge is -2.23. The molecule has 0 aliphatic carbocycles. The topological polar surface area (TPSA) is 78.5 Å². The van der Waals surface area contributed by atoms with Crippen molar-refractivity contribution in [1.29, 1.82) is 0 Å². The van der Waals surface area contributed by atoms with E-state index in [1.807, 2.05) is 0 Å². The number of aliphatic hydroxyl groups is 1. The van der Waals surface area contributed by atoms with Gasteiger partial charge in [-0.1, -0.05) is 13.8 Å². The molecule has 6 nitrogen and oxygen atoms in total. The van der Waals surface area contributed by atoms with Crippen molar-refractivity contribution in [2.75, 3.05) is 38.5 Å². The van der Waals surface area contributed by atoms with E-state index in [9.17, 15) is 5.11 Å². The van der Waals surface area contributed by atoms with Gasteiger partial charge in [0.1, 0.15) is 0 Å². The molecule has 20 heavy (non-hydrogen) atoms. The van der Waals surface area contributed by atoms with Crippen LogP contribution < -0.4 is 5.73 Å². The Labute approximate surface area is 120 Å². The second-order valence-electron chi connectivity index (χ2n) is 5.99. The summed E-state index contributed by atoms with van der Waals surface area (Å²) in [6.45, 7) is 9.61. The van der Waals surface area contributed by atoms with Gasteiger partial charge in [-0.15, -0.1) is 0 Å². The van der Waals surface area contributed by atoms with Crippen LogP contribution in [0.15, 0.2) is 12.4 Å². The second kappa shape index (κ2) is 6.97. The molecule has 2 heterocycles. The average molecular weight is 279 g/mol. The SMILES string of the molecule is CC(C)CN1CCN(Cc2cnc(N)nc2)CC(O)C1. The van der Waals surface area contributed by atoms with Gasteiger partial charge in [-0.05, 0) is 5.92 Å². The fourth-order valence-electron chi connectivity index (χ4n) is 2.65. The first kappa shape index (κ1) is 15.2. The zero-order valence-corrected chi connectivity index (χ0v) is 12.4. The molecule has 0 spiro atoms. The van der Waals surface area contributed by atoms with Crippen LogP contribution in [-0.2, 0) is 6.54 Å². The number of anilines is 1. The fraction of sp³-hybridized carbons (Fsp3) is 0.714. The Morgan fingerprint density at radius 3 is 2.50 bits per heavy atom. The van der Waals surface area contributed by atoms with Crippen molar-refractivity contribution in [2.24, 2.45) is 5.92 Å². The van der Waals surface area contributed by atoms with Crippen LogP contribution in [0.2, 0.25) is 0 Å². The maximum atomic E-state index is 10.1. The average Bonchev–Trinajstić information content (AvgIpc) is 2.53. The first-order valence-electron chi connectivity index (χ1n) is 7.22. The van der Waals surface area contributed by atoms with Crippen molar-refractivity contribution in [3.8, 4) is 0 Å². The Kier molecular flexibility index (Phi) is 5.28. The van der Waals surface area contributed by atoms with Crippen LogP contribution in [0.5, 0.6) is 0 Å². The molecule has 1 fully saturated rings. The summed E-state index contributed by atoms with van der Waals surface area (Å²) < 4.78 is 0. The third-order valence-corrected chi connectivity index (χ3v) is 3.43. The van der Waals surface area contributed by atoms with Crippen molar-refractivity contribution in [3.63, 3.8) is 0 Å². The monoisotopic (exact) mass is 279 g/mol. The summed E-state index contributed by atoms with van der Waals surface area (Å²) in [5.74, 6) is 0.923. The Bertz CT molecular complexity index is 409. The minimum absolute atomic E-state index is 0.299. The van der Waals surface area contributed by atoms with E-state index in [4.69, 9.17) is 5.73 Å².